The van der Waals surface area contributed by atoms with Gasteiger partial charge in [-0.3, -0.25) is 0 Å². The van der Waals surface area contributed by atoms with Crippen LogP contribution in [0.2, 0.25) is 0 Å². The third-order valence-electron chi connectivity index (χ3n) is 3.44. The van der Waals surface area contributed by atoms with E-state index in [-0.39, 0.29) is 0 Å². The quantitative estimate of drug-likeness (QED) is 0.703. The van der Waals surface area contributed by atoms with Gasteiger partial charge in [-0.2, -0.15) is 0 Å². The number of hydrogen-bond donors (Lipinski definition) is 1. The van der Waals surface area contributed by atoms with E-state index in [4.69, 9.17) is 4.74 Å². The number of hydrogen-bond acceptors (Lipinski definition) is 3. The van der Waals surface area contributed by atoms with Crippen molar-refractivity contribution in [1.82, 2.24) is 14.9 Å². The van der Waals surface area contributed by atoms with Gasteiger partial charge < -0.3 is 14.6 Å². The highest BCUT2D eigenvalue weighted by Gasteiger charge is 2.38. The largest absolute Gasteiger partial charge is 0.383 e. The van der Waals surface area contributed by atoms with Crippen molar-refractivity contribution < 1.29 is 4.74 Å². The molecule has 1 fully saturated rings. The Morgan fingerprint density at radius 1 is 1.59 bits per heavy atom. The van der Waals surface area contributed by atoms with Gasteiger partial charge in [-0.15, -0.1) is 0 Å². The predicted octanol–water partition coefficient (Wildman–Crippen LogP) is 1.98. The Hall–Kier alpha value is -0.870. The smallest absolute Gasteiger partial charge is 0.0951 e. The maximum Gasteiger partial charge on any atom is 0.0951 e. The van der Waals surface area contributed by atoms with Crippen molar-refractivity contribution in [2.24, 2.45) is 5.92 Å². The molecule has 0 aliphatic heterocycles. The Kier molecular flexibility index (Phi) is 4.57. The highest BCUT2D eigenvalue weighted by molar-refractivity contribution is 5.05. The Labute approximate surface area is 103 Å². The highest BCUT2D eigenvalue weighted by Crippen LogP contribution is 2.46. The zero-order valence-corrected chi connectivity index (χ0v) is 10.9. The van der Waals surface area contributed by atoms with E-state index >= 15 is 0 Å². The molecule has 1 saturated carbocycles. The van der Waals surface area contributed by atoms with Crippen molar-refractivity contribution >= 4 is 0 Å². The molecular weight excluding hydrogens is 214 g/mol. The monoisotopic (exact) mass is 237 g/mol. The second-order valence-electron chi connectivity index (χ2n) is 4.81. The van der Waals surface area contributed by atoms with E-state index in [0.717, 1.165) is 25.6 Å². The molecule has 2 unspecified atom stereocenters. The Morgan fingerprint density at radius 3 is 3.24 bits per heavy atom. The first-order chi connectivity index (χ1) is 8.36. The number of nitrogens with zero attached hydrogens (tertiary/aromatic N) is 2. The fraction of sp³-hybridized carbons (Fsp3) is 0.769. The number of aromatic nitrogens is 2. The Balaban J connectivity index is 1.81. The van der Waals surface area contributed by atoms with Gasteiger partial charge in [0.1, 0.15) is 0 Å². The molecule has 0 spiro atoms. The molecule has 0 bridgehead atoms. The molecule has 1 aliphatic rings. The van der Waals surface area contributed by atoms with Crippen LogP contribution in [0.3, 0.4) is 0 Å². The molecule has 0 saturated heterocycles. The van der Waals surface area contributed by atoms with Crippen LogP contribution in [-0.4, -0.2) is 29.8 Å². The summed E-state index contributed by atoms with van der Waals surface area (Å²) >= 11 is 0. The number of ether oxygens (including phenoxy) is 1. The van der Waals surface area contributed by atoms with Crippen molar-refractivity contribution in [2.75, 3.05) is 20.3 Å². The zero-order valence-electron chi connectivity index (χ0n) is 10.9. The van der Waals surface area contributed by atoms with Crippen molar-refractivity contribution in [3.8, 4) is 0 Å². The fourth-order valence-electron chi connectivity index (χ4n) is 2.41. The van der Waals surface area contributed by atoms with E-state index in [1.807, 2.05) is 12.5 Å². The summed E-state index contributed by atoms with van der Waals surface area (Å²) in [5.74, 6) is 0.881. The number of nitrogens with one attached hydrogen (secondary N) is 1. The first-order valence-corrected chi connectivity index (χ1v) is 6.57. The van der Waals surface area contributed by atoms with Crippen LogP contribution in [-0.2, 0) is 11.3 Å². The second kappa shape index (κ2) is 6.17. The third kappa shape index (κ3) is 3.30. The lowest BCUT2D eigenvalue weighted by atomic mass is 10.2. The summed E-state index contributed by atoms with van der Waals surface area (Å²) in [5.41, 5.74) is 1.30. The molecule has 1 N–H and O–H groups in total. The molecule has 2 atom stereocenters. The molecule has 0 aromatic carbocycles. The van der Waals surface area contributed by atoms with Crippen LogP contribution in [0.15, 0.2) is 12.5 Å². The lowest BCUT2D eigenvalue weighted by molar-refractivity contribution is 0.199. The predicted molar refractivity (Wildman–Crippen MR) is 67.9 cm³/mol. The summed E-state index contributed by atoms with van der Waals surface area (Å²) in [6.45, 7) is 4.80. The summed E-state index contributed by atoms with van der Waals surface area (Å²) in [6, 6.07) is 0.705. The van der Waals surface area contributed by atoms with Crippen LogP contribution in [0.1, 0.15) is 37.9 Å². The number of rotatable bonds is 8. The molecule has 0 radical (unpaired) electrons. The minimum atomic E-state index is 0.705. The maximum atomic E-state index is 5.02. The van der Waals surface area contributed by atoms with E-state index in [9.17, 15) is 0 Å². The first-order valence-electron chi connectivity index (χ1n) is 6.57. The average molecular weight is 237 g/mol. The van der Waals surface area contributed by atoms with Gasteiger partial charge >= 0.3 is 0 Å². The van der Waals surface area contributed by atoms with E-state index in [0.29, 0.717) is 6.04 Å². The lowest BCUT2D eigenvalue weighted by Crippen LogP contribution is -2.20. The summed E-state index contributed by atoms with van der Waals surface area (Å²) in [4.78, 5) is 4.27. The standard InChI is InChI=1S/C13H23N3O/c1-3-4-11-7-13(11)16-10-15-9-12(16)8-14-5-6-17-2/h9-11,13-14H,3-8H2,1-2H3. The van der Waals surface area contributed by atoms with E-state index in [2.05, 4.69) is 21.8 Å². The van der Waals surface area contributed by atoms with Crippen molar-refractivity contribution in [3.05, 3.63) is 18.2 Å². The second-order valence-corrected chi connectivity index (χ2v) is 4.81. The summed E-state index contributed by atoms with van der Waals surface area (Å²) in [6.07, 6.45) is 7.92. The molecule has 4 heteroatoms. The van der Waals surface area contributed by atoms with Crippen molar-refractivity contribution in [3.63, 3.8) is 0 Å². The van der Waals surface area contributed by atoms with Gasteiger partial charge in [-0.25, -0.2) is 4.98 Å². The fourth-order valence-corrected chi connectivity index (χ4v) is 2.41. The van der Waals surface area contributed by atoms with E-state index < -0.39 is 0 Å². The normalized spacial score (nSPS) is 22.9. The number of methoxy groups -OCH3 is 1. The topological polar surface area (TPSA) is 39.1 Å². The summed E-state index contributed by atoms with van der Waals surface area (Å²) in [5, 5.41) is 3.37. The van der Waals surface area contributed by atoms with Gasteiger partial charge in [0.2, 0.25) is 0 Å². The van der Waals surface area contributed by atoms with Crippen molar-refractivity contribution in [1.29, 1.82) is 0 Å². The van der Waals surface area contributed by atoms with Gasteiger partial charge in [0.05, 0.1) is 18.6 Å². The third-order valence-corrected chi connectivity index (χ3v) is 3.44. The summed E-state index contributed by atoms with van der Waals surface area (Å²) < 4.78 is 7.36. The number of imidazole rings is 1. The molecule has 2 rings (SSSR count). The van der Waals surface area contributed by atoms with Gasteiger partial charge in [-0.05, 0) is 18.8 Å². The average Bonchev–Trinajstić information content (AvgIpc) is 2.93. The lowest BCUT2D eigenvalue weighted by Gasteiger charge is -2.08. The molecule has 96 valence electrons. The molecular formula is C13H23N3O. The molecule has 1 aromatic rings. The summed E-state index contributed by atoms with van der Waals surface area (Å²) in [7, 11) is 1.73. The molecule has 17 heavy (non-hydrogen) atoms. The SMILES string of the molecule is CCCC1CC1n1cncc1CNCCOC. The van der Waals surface area contributed by atoms with Crippen LogP contribution in [0.25, 0.3) is 0 Å². The molecule has 0 amide bonds. The zero-order chi connectivity index (χ0) is 12.1. The molecule has 1 heterocycles. The van der Waals surface area contributed by atoms with E-state index in [1.165, 1.54) is 25.0 Å². The van der Waals surface area contributed by atoms with Crippen LogP contribution in [0.5, 0.6) is 0 Å². The van der Waals surface area contributed by atoms with Gasteiger partial charge in [-0.1, -0.05) is 13.3 Å². The Bertz CT molecular complexity index is 337. The van der Waals surface area contributed by atoms with Crippen LogP contribution >= 0.6 is 0 Å². The van der Waals surface area contributed by atoms with Crippen LogP contribution < -0.4 is 5.32 Å². The molecule has 1 aromatic heterocycles. The highest BCUT2D eigenvalue weighted by atomic mass is 16.5. The van der Waals surface area contributed by atoms with E-state index in [1.54, 1.807) is 7.11 Å². The molecule has 4 nitrogen and oxygen atoms in total. The van der Waals surface area contributed by atoms with Gasteiger partial charge in [0.15, 0.2) is 0 Å². The Morgan fingerprint density at radius 2 is 2.47 bits per heavy atom. The minimum Gasteiger partial charge on any atom is -0.383 e. The van der Waals surface area contributed by atoms with Crippen LogP contribution in [0, 0.1) is 5.92 Å². The first kappa shape index (κ1) is 12.6. The van der Waals surface area contributed by atoms with Gasteiger partial charge in [0.25, 0.3) is 0 Å². The van der Waals surface area contributed by atoms with Crippen molar-refractivity contribution in [2.45, 2.75) is 38.8 Å². The van der Waals surface area contributed by atoms with Crippen LogP contribution in [0.4, 0.5) is 0 Å². The van der Waals surface area contributed by atoms with Gasteiger partial charge in [0, 0.05) is 32.4 Å². The molecule has 1 aliphatic carbocycles. The minimum absolute atomic E-state index is 0.705. The maximum absolute atomic E-state index is 5.02.